The van der Waals surface area contributed by atoms with E-state index in [1.165, 1.54) is 12.0 Å². The summed E-state index contributed by atoms with van der Waals surface area (Å²) in [5.41, 5.74) is 1.36. The largest absolute Gasteiger partial charge is 0.447 e. The molecule has 5 heteroatoms. The SMILES string of the molecule is C[C@]1(c2ccccc2)C2C[C@@H]1CN(C(=O)[C@H]1C[C@]3(COC(=O)N3)C1)C2. The predicted octanol–water partition coefficient (Wildman–Crippen LogP) is 2.31. The zero-order valence-corrected chi connectivity index (χ0v) is 14.5. The average molecular weight is 340 g/mol. The Morgan fingerprint density at radius 2 is 1.88 bits per heavy atom. The van der Waals surface area contributed by atoms with Gasteiger partial charge in [0.15, 0.2) is 0 Å². The number of ether oxygens (including phenoxy) is 1. The highest BCUT2D eigenvalue weighted by Crippen LogP contribution is 2.57. The van der Waals surface area contributed by atoms with Crippen LogP contribution >= 0.6 is 0 Å². The minimum Gasteiger partial charge on any atom is -0.447 e. The van der Waals surface area contributed by atoms with Gasteiger partial charge in [-0.25, -0.2) is 4.79 Å². The molecule has 2 aliphatic carbocycles. The Kier molecular flexibility index (Phi) is 3.04. The highest BCUT2D eigenvalue weighted by atomic mass is 16.6. The molecule has 5 nitrogen and oxygen atoms in total. The fraction of sp³-hybridized carbons (Fsp3) is 0.600. The van der Waals surface area contributed by atoms with Crippen LogP contribution < -0.4 is 5.32 Å². The molecule has 1 unspecified atom stereocenters. The van der Waals surface area contributed by atoms with Crippen molar-refractivity contribution in [2.45, 2.75) is 37.1 Å². The maximum atomic E-state index is 12.9. The van der Waals surface area contributed by atoms with Crippen molar-refractivity contribution in [2.75, 3.05) is 19.7 Å². The molecular formula is C20H24N2O3. The van der Waals surface area contributed by atoms with Crippen molar-refractivity contribution in [1.29, 1.82) is 0 Å². The fourth-order valence-corrected chi connectivity index (χ4v) is 5.62. The molecule has 2 bridgehead atoms. The number of rotatable bonds is 2. The summed E-state index contributed by atoms with van der Waals surface area (Å²) in [7, 11) is 0. The van der Waals surface area contributed by atoms with Gasteiger partial charge in [0.1, 0.15) is 6.61 Å². The molecular weight excluding hydrogens is 316 g/mol. The first-order valence-corrected chi connectivity index (χ1v) is 9.29. The molecule has 0 aromatic heterocycles. The van der Waals surface area contributed by atoms with Gasteiger partial charge in [-0.2, -0.15) is 0 Å². The van der Waals surface area contributed by atoms with E-state index in [2.05, 4.69) is 47.5 Å². The molecule has 5 fully saturated rings. The van der Waals surface area contributed by atoms with Crippen LogP contribution in [0.5, 0.6) is 0 Å². The third-order valence-electron chi connectivity index (χ3n) is 7.32. The first-order valence-electron chi connectivity index (χ1n) is 9.29. The number of nitrogens with one attached hydrogen (secondary N) is 1. The molecule has 2 saturated carbocycles. The highest BCUT2D eigenvalue weighted by molar-refractivity contribution is 5.82. The Bertz CT molecular complexity index is 714. The Balaban J connectivity index is 1.24. The Morgan fingerprint density at radius 3 is 2.48 bits per heavy atom. The number of fused-ring (bicyclic) bond motifs is 2. The molecule has 3 heterocycles. The van der Waals surface area contributed by atoms with Gasteiger partial charge in [0, 0.05) is 24.4 Å². The molecule has 3 atom stereocenters. The smallest absolute Gasteiger partial charge is 0.407 e. The van der Waals surface area contributed by atoms with E-state index in [1.54, 1.807) is 0 Å². The Hall–Kier alpha value is -2.04. The molecule has 3 aliphatic heterocycles. The molecule has 2 amide bonds. The van der Waals surface area contributed by atoms with Crippen molar-refractivity contribution >= 4 is 12.0 Å². The summed E-state index contributed by atoms with van der Waals surface area (Å²) in [6, 6.07) is 10.8. The first-order chi connectivity index (χ1) is 12.0. The van der Waals surface area contributed by atoms with Gasteiger partial charge in [0.05, 0.1) is 5.54 Å². The van der Waals surface area contributed by atoms with Gasteiger partial charge in [-0.1, -0.05) is 37.3 Å². The van der Waals surface area contributed by atoms with E-state index in [9.17, 15) is 9.59 Å². The molecule has 3 saturated heterocycles. The predicted molar refractivity (Wildman–Crippen MR) is 91.9 cm³/mol. The van der Waals surface area contributed by atoms with Gasteiger partial charge in [0.25, 0.3) is 0 Å². The summed E-state index contributed by atoms with van der Waals surface area (Å²) >= 11 is 0. The third kappa shape index (κ3) is 2.07. The van der Waals surface area contributed by atoms with Crippen molar-refractivity contribution in [3.05, 3.63) is 35.9 Å². The topological polar surface area (TPSA) is 58.6 Å². The summed E-state index contributed by atoms with van der Waals surface area (Å²) < 4.78 is 5.01. The second-order valence-electron chi connectivity index (χ2n) is 8.61. The number of hydrogen-bond acceptors (Lipinski definition) is 3. The van der Waals surface area contributed by atoms with Crippen LogP contribution in [0.3, 0.4) is 0 Å². The lowest BCUT2D eigenvalue weighted by molar-refractivity contribution is -0.153. The molecule has 6 rings (SSSR count). The number of alkyl carbamates (subject to hydrolysis) is 1. The number of carbonyl (C=O) groups is 2. The minimum atomic E-state index is -0.344. The van der Waals surface area contributed by atoms with Crippen molar-refractivity contribution < 1.29 is 14.3 Å². The lowest BCUT2D eigenvalue weighted by Crippen LogP contribution is -2.66. The summed E-state index contributed by atoms with van der Waals surface area (Å²) in [6.45, 7) is 4.51. The molecule has 1 spiro atoms. The maximum Gasteiger partial charge on any atom is 0.407 e. The molecule has 1 N–H and O–H groups in total. The van der Waals surface area contributed by atoms with E-state index in [0.717, 1.165) is 25.9 Å². The minimum absolute atomic E-state index is 0.0440. The Morgan fingerprint density at radius 1 is 1.20 bits per heavy atom. The van der Waals surface area contributed by atoms with Crippen molar-refractivity contribution in [2.24, 2.45) is 17.8 Å². The van der Waals surface area contributed by atoms with Gasteiger partial charge in [-0.15, -0.1) is 0 Å². The van der Waals surface area contributed by atoms with Gasteiger partial charge in [-0.3, -0.25) is 4.79 Å². The molecule has 25 heavy (non-hydrogen) atoms. The second kappa shape index (κ2) is 4.99. The average Bonchev–Trinajstić information content (AvgIpc) is 3.02. The van der Waals surface area contributed by atoms with E-state index in [1.807, 2.05) is 0 Å². The van der Waals surface area contributed by atoms with Gasteiger partial charge >= 0.3 is 6.09 Å². The van der Waals surface area contributed by atoms with Crippen LogP contribution in [0.25, 0.3) is 0 Å². The van der Waals surface area contributed by atoms with Crippen LogP contribution in [-0.4, -0.2) is 42.1 Å². The van der Waals surface area contributed by atoms with Crippen molar-refractivity contribution in [1.82, 2.24) is 10.2 Å². The molecule has 0 radical (unpaired) electrons. The first kappa shape index (κ1) is 15.2. The summed E-state index contributed by atoms with van der Waals surface area (Å²) in [5.74, 6) is 1.43. The lowest BCUT2D eigenvalue weighted by atomic mass is 9.48. The van der Waals surface area contributed by atoms with Crippen molar-refractivity contribution in [3.63, 3.8) is 0 Å². The molecule has 5 aliphatic rings. The number of hydrogen-bond donors (Lipinski definition) is 1. The zero-order valence-electron chi connectivity index (χ0n) is 14.5. The van der Waals surface area contributed by atoms with E-state index in [-0.39, 0.29) is 28.9 Å². The molecule has 1 aromatic carbocycles. The van der Waals surface area contributed by atoms with E-state index in [4.69, 9.17) is 4.74 Å². The Labute approximate surface area is 147 Å². The molecule has 132 valence electrons. The van der Waals surface area contributed by atoms with Gasteiger partial charge < -0.3 is 15.0 Å². The number of nitrogens with zero attached hydrogens (tertiary/aromatic N) is 1. The van der Waals surface area contributed by atoms with E-state index in [0.29, 0.717) is 18.4 Å². The van der Waals surface area contributed by atoms with E-state index >= 15 is 0 Å². The van der Waals surface area contributed by atoms with Crippen LogP contribution in [0.15, 0.2) is 30.3 Å². The summed E-state index contributed by atoms with van der Waals surface area (Å²) in [6.07, 6.45) is 2.33. The number of carbonyl (C=O) groups excluding carboxylic acids is 2. The zero-order chi connectivity index (χ0) is 17.2. The molecule has 1 aromatic rings. The number of benzene rings is 1. The standard InChI is InChI=1S/C20H24N2O3/c1-19(14-5-3-2-4-6-14)15-7-16(19)11-22(10-15)17(23)13-8-20(9-13)12-25-18(24)21-20/h2-6,13,15-16H,7-12H2,1H3,(H,21,24)/t13-,15-,16?,19-,20+/m1/s1. The van der Waals surface area contributed by atoms with Crippen LogP contribution in [-0.2, 0) is 14.9 Å². The van der Waals surface area contributed by atoms with Crippen molar-refractivity contribution in [3.8, 4) is 0 Å². The summed E-state index contributed by atoms with van der Waals surface area (Å²) in [5, 5.41) is 2.87. The number of amides is 2. The van der Waals surface area contributed by atoms with Gasteiger partial charge in [-0.05, 0) is 36.7 Å². The normalized spacial score (nSPS) is 41.6. The van der Waals surface area contributed by atoms with Crippen LogP contribution in [0, 0.1) is 17.8 Å². The second-order valence-corrected chi connectivity index (χ2v) is 8.61. The quantitative estimate of drug-likeness (QED) is 0.899. The third-order valence-corrected chi connectivity index (χ3v) is 7.32. The van der Waals surface area contributed by atoms with Crippen LogP contribution in [0.1, 0.15) is 31.7 Å². The number of piperidine rings is 2. The maximum absolute atomic E-state index is 12.9. The fourth-order valence-electron chi connectivity index (χ4n) is 5.62. The van der Waals surface area contributed by atoms with Crippen LogP contribution in [0.4, 0.5) is 4.79 Å². The monoisotopic (exact) mass is 340 g/mol. The van der Waals surface area contributed by atoms with Crippen LogP contribution in [0.2, 0.25) is 0 Å². The van der Waals surface area contributed by atoms with E-state index < -0.39 is 0 Å². The highest BCUT2D eigenvalue weighted by Gasteiger charge is 2.59. The lowest BCUT2D eigenvalue weighted by Gasteiger charge is -2.62. The van der Waals surface area contributed by atoms with Gasteiger partial charge in [0.2, 0.25) is 5.91 Å². The number of cyclic esters (lactones) is 1. The summed E-state index contributed by atoms with van der Waals surface area (Å²) in [4.78, 5) is 26.2.